The molecule has 0 radical (unpaired) electrons. The molecule has 3 aliphatic heterocycles. The zero-order chi connectivity index (χ0) is 28.2. The van der Waals surface area contributed by atoms with Crippen LogP contribution in [-0.4, -0.2) is 100 Å². The van der Waals surface area contributed by atoms with Crippen LogP contribution < -0.4 is 10.6 Å². The van der Waals surface area contributed by atoms with Crippen LogP contribution in [-0.2, 0) is 38.5 Å². The first kappa shape index (κ1) is 28.2. The molecule has 40 heavy (non-hydrogen) atoms. The number of hydrogen-bond donors (Lipinski definition) is 2. The fraction of sp³-hybridized carbons (Fsp3) is 0.621. The Labute approximate surface area is 235 Å². The first-order valence-corrected chi connectivity index (χ1v) is 14.4. The standard InChI is InChI=1S/C29H41N7O4/c1-28(2,35-15-17-40-18-16-35)27(39)34-13-9-29(10-14-34)20-23-21-36(33-32-23)12-6-11-30-25(37)24(31-26(29)38)19-22-7-4-3-5-8-22/h3-5,7-8,21,24H,6,9-20H2,1-2H3,(H,30,37)(H,31,38)/t24-/m0/s1. The quantitative estimate of drug-likeness (QED) is 0.576. The maximum Gasteiger partial charge on any atom is 0.242 e. The summed E-state index contributed by atoms with van der Waals surface area (Å²) in [5, 5.41) is 14.7. The van der Waals surface area contributed by atoms with Gasteiger partial charge in [-0.2, -0.15) is 0 Å². The summed E-state index contributed by atoms with van der Waals surface area (Å²) in [5.74, 6) is -0.289. The van der Waals surface area contributed by atoms with Gasteiger partial charge >= 0.3 is 0 Å². The van der Waals surface area contributed by atoms with E-state index in [4.69, 9.17) is 4.74 Å². The van der Waals surface area contributed by atoms with Gasteiger partial charge in [-0.05, 0) is 38.7 Å². The van der Waals surface area contributed by atoms with Crippen LogP contribution in [0.3, 0.4) is 0 Å². The summed E-state index contributed by atoms with van der Waals surface area (Å²) in [7, 11) is 0. The van der Waals surface area contributed by atoms with E-state index >= 15 is 0 Å². The molecular weight excluding hydrogens is 510 g/mol. The first-order valence-electron chi connectivity index (χ1n) is 14.4. The van der Waals surface area contributed by atoms with Gasteiger partial charge in [-0.15, -0.1) is 5.10 Å². The number of nitrogens with zero attached hydrogens (tertiary/aromatic N) is 5. The lowest BCUT2D eigenvalue weighted by Gasteiger charge is -2.46. The highest BCUT2D eigenvalue weighted by atomic mass is 16.5. The van der Waals surface area contributed by atoms with E-state index in [0.29, 0.717) is 71.5 Å². The number of ether oxygens (including phenoxy) is 1. The Kier molecular flexibility index (Phi) is 8.51. The van der Waals surface area contributed by atoms with Crippen LogP contribution in [0.25, 0.3) is 0 Å². The topological polar surface area (TPSA) is 122 Å². The highest BCUT2D eigenvalue weighted by molar-refractivity contribution is 5.91. The molecular formula is C29H41N7O4. The van der Waals surface area contributed by atoms with Crippen LogP contribution in [0.4, 0.5) is 0 Å². The maximum absolute atomic E-state index is 14.1. The SMILES string of the molecule is CC(C)(C(=O)N1CCC2(CC1)Cc1cn(nn1)CCCNC(=O)[C@H](Cc1ccccc1)NC2=O)N1CCOCC1. The number of piperidine rings is 1. The number of amides is 3. The van der Waals surface area contributed by atoms with Crippen LogP contribution in [0, 0.1) is 5.41 Å². The summed E-state index contributed by atoms with van der Waals surface area (Å²) in [6, 6.07) is 9.04. The van der Waals surface area contributed by atoms with Gasteiger partial charge < -0.3 is 20.3 Å². The van der Waals surface area contributed by atoms with Crippen LogP contribution in [0.5, 0.6) is 0 Å². The predicted molar refractivity (Wildman–Crippen MR) is 148 cm³/mol. The van der Waals surface area contributed by atoms with Gasteiger partial charge in [0.1, 0.15) is 6.04 Å². The van der Waals surface area contributed by atoms with E-state index in [1.807, 2.05) is 55.3 Å². The zero-order valence-electron chi connectivity index (χ0n) is 23.6. The number of aromatic nitrogens is 3. The Bertz CT molecular complexity index is 1180. The average Bonchev–Trinajstić information content (AvgIpc) is 3.42. The molecule has 216 valence electrons. The van der Waals surface area contributed by atoms with Gasteiger partial charge in [0.2, 0.25) is 17.7 Å². The Balaban J connectivity index is 1.36. The number of benzene rings is 1. The molecule has 3 amide bonds. The molecule has 2 bridgehead atoms. The second-order valence-corrected chi connectivity index (χ2v) is 11.7. The number of carbonyl (C=O) groups excluding carboxylic acids is 3. The highest BCUT2D eigenvalue weighted by Crippen LogP contribution is 2.37. The Morgan fingerprint density at radius 3 is 2.52 bits per heavy atom. The maximum atomic E-state index is 14.1. The second kappa shape index (κ2) is 12.1. The molecule has 4 heterocycles. The molecule has 1 spiro atoms. The molecule has 0 saturated carbocycles. The van der Waals surface area contributed by atoms with Crippen LogP contribution in [0.2, 0.25) is 0 Å². The van der Waals surface area contributed by atoms with Crippen molar-refractivity contribution in [3.05, 3.63) is 47.8 Å². The minimum Gasteiger partial charge on any atom is -0.379 e. The van der Waals surface area contributed by atoms with E-state index < -0.39 is 17.0 Å². The lowest BCUT2D eigenvalue weighted by atomic mass is 9.73. The smallest absolute Gasteiger partial charge is 0.242 e. The number of hydrogen-bond acceptors (Lipinski definition) is 7. The third kappa shape index (κ3) is 6.20. The van der Waals surface area contributed by atoms with Crippen LogP contribution >= 0.6 is 0 Å². The van der Waals surface area contributed by atoms with Gasteiger partial charge in [0.25, 0.3) is 0 Å². The first-order chi connectivity index (χ1) is 19.3. The van der Waals surface area contributed by atoms with Crippen LogP contribution in [0.15, 0.2) is 36.5 Å². The number of morpholine rings is 1. The van der Waals surface area contributed by atoms with E-state index in [2.05, 4.69) is 25.8 Å². The summed E-state index contributed by atoms with van der Waals surface area (Å²) in [6.45, 7) is 8.67. The molecule has 11 heteroatoms. The summed E-state index contributed by atoms with van der Waals surface area (Å²) < 4.78 is 7.26. The van der Waals surface area contributed by atoms with Crippen molar-refractivity contribution < 1.29 is 19.1 Å². The van der Waals surface area contributed by atoms with Gasteiger partial charge in [-0.3, -0.25) is 24.0 Å². The molecule has 5 rings (SSSR count). The second-order valence-electron chi connectivity index (χ2n) is 11.7. The van der Waals surface area contributed by atoms with Gasteiger partial charge in [0, 0.05) is 58.3 Å². The average molecular weight is 552 g/mol. The Hall–Kier alpha value is -3.31. The van der Waals surface area contributed by atoms with Gasteiger partial charge in [0.15, 0.2) is 0 Å². The third-order valence-corrected chi connectivity index (χ3v) is 8.69. The van der Waals surface area contributed by atoms with E-state index in [1.165, 1.54) is 0 Å². The number of aryl methyl sites for hydroxylation is 1. The molecule has 2 saturated heterocycles. The fourth-order valence-corrected chi connectivity index (χ4v) is 6.09. The Morgan fingerprint density at radius 2 is 1.80 bits per heavy atom. The molecule has 1 aromatic heterocycles. The summed E-state index contributed by atoms with van der Waals surface area (Å²) in [5.41, 5.74) is 0.280. The number of likely N-dealkylation sites (tertiary alicyclic amines) is 1. The Morgan fingerprint density at radius 1 is 1.07 bits per heavy atom. The molecule has 2 fully saturated rings. The molecule has 11 nitrogen and oxygen atoms in total. The fourth-order valence-electron chi connectivity index (χ4n) is 6.09. The molecule has 0 unspecified atom stereocenters. The summed E-state index contributed by atoms with van der Waals surface area (Å²) in [6.07, 6.45) is 4.39. The van der Waals surface area contributed by atoms with Crippen molar-refractivity contribution in [3.8, 4) is 0 Å². The van der Waals surface area contributed by atoms with Crippen molar-refractivity contribution in [2.45, 2.75) is 64.1 Å². The van der Waals surface area contributed by atoms with Gasteiger partial charge in [-0.25, -0.2) is 0 Å². The van der Waals surface area contributed by atoms with E-state index in [1.54, 1.807) is 4.68 Å². The molecule has 2 aromatic rings. The largest absolute Gasteiger partial charge is 0.379 e. The van der Waals surface area contributed by atoms with E-state index in [0.717, 1.165) is 24.3 Å². The highest BCUT2D eigenvalue weighted by Gasteiger charge is 2.47. The number of nitrogens with one attached hydrogen (secondary N) is 2. The lowest BCUT2D eigenvalue weighted by molar-refractivity contribution is -0.151. The molecule has 1 aromatic carbocycles. The number of fused-ring (bicyclic) bond motifs is 2. The molecule has 3 aliphatic rings. The van der Waals surface area contributed by atoms with Gasteiger partial charge in [0.05, 0.1) is 29.9 Å². The minimum atomic E-state index is -0.802. The van der Waals surface area contributed by atoms with Crippen molar-refractivity contribution in [3.63, 3.8) is 0 Å². The molecule has 1 atom stereocenters. The molecule has 2 N–H and O–H groups in total. The van der Waals surface area contributed by atoms with Crippen LogP contribution in [0.1, 0.15) is 44.4 Å². The van der Waals surface area contributed by atoms with Crippen molar-refractivity contribution in [2.24, 2.45) is 5.41 Å². The molecule has 0 aliphatic carbocycles. The summed E-state index contributed by atoms with van der Waals surface area (Å²) in [4.78, 5) is 45.1. The van der Waals surface area contributed by atoms with E-state index in [9.17, 15) is 14.4 Å². The van der Waals surface area contributed by atoms with Crippen molar-refractivity contribution >= 4 is 17.7 Å². The number of rotatable bonds is 4. The summed E-state index contributed by atoms with van der Waals surface area (Å²) >= 11 is 0. The monoisotopic (exact) mass is 551 g/mol. The van der Waals surface area contributed by atoms with E-state index in [-0.39, 0.29) is 17.7 Å². The normalized spacial score (nSPS) is 22.9. The van der Waals surface area contributed by atoms with Crippen molar-refractivity contribution in [2.75, 3.05) is 45.9 Å². The third-order valence-electron chi connectivity index (χ3n) is 8.69. The number of carbonyl (C=O) groups is 3. The van der Waals surface area contributed by atoms with Gasteiger partial charge in [-0.1, -0.05) is 35.5 Å². The predicted octanol–water partition coefficient (Wildman–Crippen LogP) is 0.788. The minimum absolute atomic E-state index is 0.0709. The van der Waals surface area contributed by atoms with Crippen molar-refractivity contribution in [1.82, 2.24) is 35.4 Å². The lowest BCUT2D eigenvalue weighted by Crippen LogP contribution is -2.61. The van der Waals surface area contributed by atoms with Crippen molar-refractivity contribution in [1.29, 1.82) is 0 Å². The zero-order valence-corrected chi connectivity index (χ0v) is 23.6.